The highest BCUT2D eigenvalue weighted by Crippen LogP contribution is 2.33. The van der Waals surface area contributed by atoms with E-state index in [-0.39, 0.29) is 17.9 Å². The largest absolute Gasteiger partial charge is 0.332 e. The maximum Gasteiger partial charge on any atom is 0.265 e. The lowest BCUT2D eigenvalue weighted by atomic mass is 10.0. The summed E-state index contributed by atoms with van der Waals surface area (Å²) in [6.45, 7) is 2.84. The molecule has 1 aliphatic rings. The second-order valence-electron chi connectivity index (χ2n) is 7.08. The van der Waals surface area contributed by atoms with Crippen LogP contribution < -0.4 is 5.32 Å². The summed E-state index contributed by atoms with van der Waals surface area (Å²) in [5.74, 6) is -0.0905. The molecule has 4 rings (SSSR count). The quantitative estimate of drug-likeness (QED) is 0.658. The van der Waals surface area contributed by atoms with Crippen LogP contribution in [0.1, 0.15) is 50.0 Å². The highest BCUT2D eigenvalue weighted by atomic mass is 32.1. The molecule has 0 radical (unpaired) electrons. The van der Waals surface area contributed by atoms with Gasteiger partial charge >= 0.3 is 0 Å². The Balaban J connectivity index is 1.47. The van der Waals surface area contributed by atoms with Crippen molar-refractivity contribution < 1.29 is 9.59 Å². The van der Waals surface area contributed by atoms with E-state index in [1.54, 1.807) is 30.3 Å². The van der Waals surface area contributed by atoms with Gasteiger partial charge in [-0.2, -0.15) is 0 Å². The van der Waals surface area contributed by atoms with Crippen molar-refractivity contribution >= 4 is 28.8 Å². The van der Waals surface area contributed by atoms with Gasteiger partial charge in [0, 0.05) is 17.8 Å². The predicted molar refractivity (Wildman–Crippen MR) is 113 cm³/mol. The molecule has 0 saturated carbocycles. The molecule has 2 amide bonds. The van der Waals surface area contributed by atoms with Gasteiger partial charge < -0.3 is 10.2 Å². The van der Waals surface area contributed by atoms with E-state index in [2.05, 4.69) is 36.5 Å². The first kappa shape index (κ1) is 18.4. The van der Waals surface area contributed by atoms with Crippen LogP contribution in [-0.2, 0) is 0 Å². The standard InChI is InChI=1S/C23H22N2O2S/c1-16-6-8-17(9-7-16)20-4-2-14-25(20)23(27)18-10-12-19(13-11-18)24-22(26)21-5-3-15-28-21/h3,5-13,15,20H,2,4,14H2,1H3,(H,24,26). The lowest BCUT2D eigenvalue weighted by Crippen LogP contribution is -2.30. The molecule has 1 saturated heterocycles. The van der Waals surface area contributed by atoms with Gasteiger partial charge in [0.1, 0.15) is 0 Å². The van der Waals surface area contributed by atoms with Gasteiger partial charge in [-0.3, -0.25) is 9.59 Å². The van der Waals surface area contributed by atoms with Crippen LogP contribution in [0.15, 0.2) is 66.0 Å². The summed E-state index contributed by atoms with van der Waals surface area (Å²) in [5.41, 5.74) is 3.75. The van der Waals surface area contributed by atoms with Crippen LogP contribution in [0.5, 0.6) is 0 Å². The number of aryl methyl sites for hydroxylation is 1. The molecule has 0 spiro atoms. The summed E-state index contributed by atoms with van der Waals surface area (Å²) in [5, 5.41) is 4.74. The van der Waals surface area contributed by atoms with Crippen molar-refractivity contribution in [2.24, 2.45) is 0 Å². The molecule has 0 aliphatic carbocycles. The Bertz CT molecular complexity index is 963. The van der Waals surface area contributed by atoms with Crippen LogP contribution in [0.2, 0.25) is 0 Å². The highest BCUT2D eigenvalue weighted by molar-refractivity contribution is 7.12. The summed E-state index contributed by atoms with van der Waals surface area (Å²) in [6, 6.07) is 19.4. The van der Waals surface area contributed by atoms with Crippen molar-refractivity contribution in [3.8, 4) is 0 Å². The fraction of sp³-hybridized carbons (Fsp3) is 0.217. The molecular formula is C23H22N2O2S. The lowest BCUT2D eigenvalue weighted by Gasteiger charge is -2.25. The molecule has 1 aromatic heterocycles. The SMILES string of the molecule is Cc1ccc(C2CCCN2C(=O)c2ccc(NC(=O)c3cccs3)cc2)cc1. The van der Waals surface area contributed by atoms with Crippen molar-refractivity contribution in [2.75, 3.05) is 11.9 Å². The summed E-state index contributed by atoms with van der Waals surface area (Å²) in [4.78, 5) is 27.8. The number of rotatable bonds is 4. The number of hydrogen-bond donors (Lipinski definition) is 1. The third-order valence-corrected chi connectivity index (χ3v) is 5.98. The third kappa shape index (κ3) is 3.85. The fourth-order valence-electron chi connectivity index (χ4n) is 3.61. The van der Waals surface area contributed by atoms with Crippen LogP contribution in [-0.4, -0.2) is 23.3 Å². The zero-order chi connectivity index (χ0) is 19.5. The Morgan fingerprint density at radius 3 is 2.46 bits per heavy atom. The molecule has 1 unspecified atom stereocenters. The van der Waals surface area contributed by atoms with Crippen molar-refractivity contribution in [1.82, 2.24) is 4.90 Å². The second kappa shape index (κ2) is 7.98. The van der Waals surface area contributed by atoms with E-state index in [0.29, 0.717) is 16.1 Å². The molecule has 2 aromatic carbocycles. The zero-order valence-corrected chi connectivity index (χ0v) is 16.5. The lowest BCUT2D eigenvalue weighted by molar-refractivity contribution is 0.0735. The minimum Gasteiger partial charge on any atom is -0.332 e. The van der Waals surface area contributed by atoms with Gasteiger partial charge in [0.05, 0.1) is 10.9 Å². The number of carbonyl (C=O) groups excluding carboxylic acids is 2. The maximum atomic E-state index is 13.1. The first-order valence-electron chi connectivity index (χ1n) is 9.44. The summed E-state index contributed by atoms with van der Waals surface area (Å²) in [6.07, 6.45) is 2.00. The van der Waals surface area contributed by atoms with Gasteiger partial charge in [0.15, 0.2) is 0 Å². The maximum absolute atomic E-state index is 13.1. The van der Waals surface area contributed by atoms with Crippen LogP contribution in [0.3, 0.4) is 0 Å². The second-order valence-corrected chi connectivity index (χ2v) is 8.02. The van der Waals surface area contributed by atoms with Gasteiger partial charge in [-0.05, 0) is 61.0 Å². The van der Waals surface area contributed by atoms with Crippen molar-refractivity contribution in [1.29, 1.82) is 0 Å². The Morgan fingerprint density at radius 2 is 1.79 bits per heavy atom. The van der Waals surface area contributed by atoms with Crippen molar-refractivity contribution in [3.05, 3.63) is 87.6 Å². The first-order valence-corrected chi connectivity index (χ1v) is 10.3. The summed E-state index contributed by atoms with van der Waals surface area (Å²) >= 11 is 1.40. The van der Waals surface area contributed by atoms with Crippen molar-refractivity contribution in [2.45, 2.75) is 25.8 Å². The monoisotopic (exact) mass is 390 g/mol. The average Bonchev–Trinajstić information content (AvgIpc) is 3.41. The molecule has 4 nitrogen and oxygen atoms in total. The molecule has 0 bridgehead atoms. The van der Waals surface area contributed by atoms with E-state index in [4.69, 9.17) is 0 Å². The smallest absolute Gasteiger partial charge is 0.265 e. The van der Waals surface area contributed by atoms with E-state index < -0.39 is 0 Å². The Morgan fingerprint density at radius 1 is 1.04 bits per heavy atom. The number of hydrogen-bond acceptors (Lipinski definition) is 3. The molecule has 1 N–H and O–H groups in total. The molecule has 1 atom stereocenters. The Hall–Kier alpha value is -2.92. The number of thiophene rings is 1. The highest BCUT2D eigenvalue weighted by Gasteiger charge is 2.30. The minimum absolute atomic E-state index is 0.0409. The summed E-state index contributed by atoms with van der Waals surface area (Å²) < 4.78 is 0. The molecule has 2 heterocycles. The van der Waals surface area contributed by atoms with Gasteiger partial charge in [0.2, 0.25) is 0 Å². The molecule has 5 heteroatoms. The van der Waals surface area contributed by atoms with E-state index in [9.17, 15) is 9.59 Å². The number of benzene rings is 2. The van der Waals surface area contributed by atoms with E-state index in [1.807, 2.05) is 16.3 Å². The van der Waals surface area contributed by atoms with Gasteiger partial charge in [-0.25, -0.2) is 0 Å². The Kier molecular flexibility index (Phi) is 5.26. The zero-order valence-electron chi connectivity index (χ0n) is 15.7. The first-order chi connectivity index (χ1) is 13.6. The van der Waals surface area contributed by atoms with E-state index in [1.165, 1.54) is 22.5 Å². The molecule has 28 heavy (non-hydrogen) atoms. The number of likely N-dealkylation sites (tertiary alicyclic amines) is 1. The third-order valence-electron chi connectivity index (χ3n) is 5.11. The molecule has 1 fully saturated rings. The number of anilines is 1. The Labute approximate surface area is 168 Å². The van der Waals surface area contributed by atoms with Crippen LogP contribution in [0, 0.1) is 6.92 Å². The minimum atomic E-state index is -0.131. The van der Waals surface area contributed by atoms with Crippen LogP contribution >= 0.6 is 11.3 Å². The van der Waals surface area contributed by atoms with Crippen LogP contribution in [0.4, 0.5) is 5.69 Å². The normalized spacial score (nSPS) is 16.2. The van der Waals surface area contributed by atoms with E-state index in [0.717, 1.165) is 19.4 Å². The molecule has 1 aliphatic heterocycles. The number of nitrogens with zero attached hydrogens (tertiary/aromatic N) is 1. The number of nitrogens with one attached hydrogen (secondary N) is 1. The van der Waals surface area contributed by atoms with Gasteiger partial charge in [-0.1, -0.05) is 35.9 Å². The molecule has 142 valence electrons. The predicted octanol–water partition coefficient (Wildman–Crippen LogP) is 5.29. The average molecular weight is 391 g/mol. The topological polar surface area (TPSA) is 49.4 Å². The number of carbonyl (C=O) groups is 2. The number of amides is 2. The van der Waals surface area contributed by atoms with Crippen LogP contribution in [0.25, 0.3) is 0 Å². The molecule has 3 aromatic rings. The van der Waals surface area contributed by atoms with Crippen molar-refractivity contribution in [3.63, 3.8) is 0 Å². The van der Waals surface area contributed by atoms with Gasteiger partial charge in [0.25, 0.3) is 11.8 Å². The summed E-state index contributed by atoms with van der Waals surface area (Å²) in [7, 11) is 0. The van der Waals surface area contributed by atoms with E-state index >= 15 is 0 Å². The van der Waals surface area contributed by atoms with Gasteiger partial charge in [-0.15, -0.1) is 11.3 Å². The fourth-order valence-corrected chi connectivity index (χ4v) is 4.23. The molecular weight excluding hydrogens is 368 g/mol.